The minimum Gasteiger partial charge on any atom is -0.283 e. The van der Waals surface area contributed by atoms with Crippen molar-refractivity contribution in [3.63, 3.8) is 0 Å². The standard InChI is InChI=1S/C15H8FNO3/c16-10-6-7-12-11(8-10)13(18)15(20)17(12)14(19)9-4-2-1-3-5-9/h1-8H. The van der Waals surface area contributed by atoms with Crippen LogP contribution in [0.15, 0.2) is 48.5 Å². The molecule has 98 valence electrons. The fourth-order valence-electron chi connectivity index (χ4n) is 2.12. The smallest absolute Gasteiger partial charge is 0.283 e. The molecule has 0 aromatic heterocycles. The van der Waals surface area contributed by atoms with Crippen molar-refractivity contribution < 1.29 is 18.8 Å². The first kappa shape index (κ1) is 12.2. The van der Waals surface area contributed by atoms with Crippen molar-refractivity contribution >= 4 is 23.3 Å². The highest BCUT2D eigenvalue weighted by Crippen LogP contribution is 2.30. The van der Waals surface area contributed by atoms with Crippen molar-refractivity contribution in [2.45, 2.75) is 0 Å². The van der Waals surface area contributed by atoms with E-state index in [1.54, 1.807) is 30.3 Å². The van der Waals surface area contributed by atoms with Crippen LogP contribution in [-0.4, -0.2) is 17.6 Å². The van der Waals surface area contributed by atoms with Crippen molar-refractivity contribution in [3.05, 3.63) is 65.5 Å². The van der Waals surface area contributed by atoms with Crippen LogP contribution in [0.4, 0.5) is 10.1 Å². The van der Waals surface area contributed by atoms with Crippen LogP contribution >= 0.6 is 0 Å². The molecule has 5 heteroatoms. The van der Waals surface area contributed by atoms with Crippen LogP contribution in [0.1, 0.15) is 20.7 Å². The molecule has 2 aromatic rings. The van der Waals surface area contributed by atoms with Crippen LogP contribution < -0.4 is 4.90 Å². The molecule has 1 aliphatic rings. The van der Waals surface area contributed by atoms with Gasteiger partial charge in [-0.05, 0) is 30.3 Å². The molecule has 2 aromatic carbocycles. The lowest BCUT2D eigenvalue weighted by atomic mass is 10.1. The summed E-state index contributed by atoms with van der Waals surface area (Å²) in [5, 5.41) is 0. The number of imide groups is 1. The van der Waals surface area contributed by atoms with Crippen LogP contribution in [0.2, 0.25) is 0 Å². The number of hydrogen-bond acceptors (Lipinski definition) is 3. The molecule has 0 spiro atoms. The van der Waals surface area contributed by atoms with E-state index >= 15 is 0 Å². The zero-order valence-electron chi connectivity index (χ0n) is 10.2. The molecule has 0 saturated heterocycles. The van der Waals surface area contributed by atoms with Gasteiger partial charge < -0.3 is 0 Å². The van der Waals surface area contributed by atoms with Gasteiger partial charge in [-0.1, -0.05) is 18.2 Å². The summed E-state index contributed by atoms with van der Waals surface area (Å²) < 4.78 is 13.1. The van der Waals surface area contributed by atoms with E-state index in [0.717, 1.165) is 17.0 Å². The van der Waals surface area contributed by atoms with Gasteiger partial charge in [0.1, 0.15) is 5.82 Å². The second kappa shape index (κ2) is 4.38. The van der Waals surface area contributed by atoms with E-state index in [0.29, 0.717) is 0 Å². The third kappa shape index (κ3) is 1.72. The van der Waals surface area contributed by atoms with Crippen LogP contribution in [0, 0.1) is 5.82 Å². The van der Waals surface area contributed by atoms with Gasteiger partial charge in [-0.2, -0.15) is 0 Å². The number of benzene rings is 2. The summed E-state index contributed by atoms with van der Waals surface area (Å²) in [5.41, 5.74) is 0.320. The van der Waals surface area contributed by atoms with Crippen LogP contribution in [0.25, 0.3) is 0 Å². The topological polar surface area (TPSA) is 54.5 Å². The first-order valence-electron chi connectivity index (χ1n) is 5.87. The van der Waals surface area contributed by atoms with Gasteiger partial charge in [0.15, 0.2) is 0 Å². The number of rotatable bonds is 1. The van der Waals surface area contributed by atoms with Gasteiger partial charge in [0.05, 0.1) is 11.3 Å². The van der Waals surface area contributed by atoms with Crippen LogP contribution in [0.5, 0.6) is 0 Å². The van der Waals surface area contributed by atoms with Gasteiger partial charge in [0, 0.05) is 5.56 Å². The Morgan fingerprint density at radius 2 is 1.70 bits per heavy atom. The molecular weight excluding hydrogens is 261 g/mol. The van der Waals surface area contributed by atoms with Gasteiger partial charge >= 0.3 is 5.91 Å². The summed E-state index contributed by atoms with van der Waals surface area (Å²) in [6.07, 6.45) is 0. The van der Waals surface area contributed by atoms with Crippen LogP contribution in [0.3, 0.4) is 0 Å². The third-order valence-corrected chi connectivity index (χ3v) is 3.07. The van der Waals surface area contributed by atoms with Gasteiger partial charge in [0.25, 0.3) is 11.7 Å². The number of halogens is 1. The number of ketones is 1. The first-order valence-corrected chi connectivity index (χ1v) is 5.87. The van der Waals surface area contributed by atoms with Crippen molar-refractivity contribution in [2.75, 3.05) is 4.90 Å². The predicted octanol–water partition coefficient (Wildman–Crippen LogP) is 2.20. The molecule has 0 saturated carbocycles. The number of carbonyl (C=O) groups excluding carboxylic acids is 3. The van der Waals surface area contributed by atoms with E-state index in [1.807, 2.05) is 0 Å². The molecule has 0 unspecified atom stereocenters. The molecular formula is C15H8FNO3. The molecule has 1 aliphatic heterocycles. The maximum Gasteiger partial charge on any atom is 0.306 e. The van der Waals surface area contributed by atoms with Crippen molar-refractivity contribution in [3.8, 4) is 0 Å². The zero-order valence-corrected chi connectivity index (χ0v) is 10.2. The monoisotopic (exact) mass is 269 g/mol. The number of amides is 2. The Morgan fingerprint density at radius 3 is 2.40 bits per heavy atom. The Labute approximate surface area is 113 Å². The minimum atomic E-state index is -0.959. The number of nitrogens with zero attached hydrogens (tertiary/aromatic N) is 1. The number of anilines is 1. The molecule has 0 atom stereocenters. The van der Waals surface area contributed by atoms with Crippen molar-refractivity contribution in [1.29, 1.82) is 0 Å². The Balaban J connectivity index is 2.10. The Morgan fingerprint density at radius 1 is 1.00 bits per heavy atom. The SMILES string of the molecule is O=C1C(=O)N(C(=O)c2ccccc2)c2ccc(F)cc21. The van der Waals surface area contributed by atoms with Crippen molar-refractivity contribution in [2.24, 2.45) is 0 Å². The quantitative estimate of drug-likeness (QED) is 0.589. The van der Waals surface area contributed by atoms with Crippen LogP contribution in [-0.2, 0) is 4.79 Å². The highest BCUT2D eigenvalue weighted by atomic mass is 19.1. The number of carbonyl (C=O) groups is 3. The van der Waals surface area contributed by atoms with E-state index in [4.69, 9.17) is 0 Å². The summed E-state index contributed by atoms with van der Waals surface area (Å²) in [6.45, 7) is 0. The van der Waals surface area contributed by atoms with Gasteiger partial charge in [-0.15, -0.1) is 0 Å². The highest BCUT2D eigenvalue weighted by Gasteiger charge is 2.40. The Kier molecular flexibility index (Phi) is 2.68. The lowest BCUT2D eigenvalue weighted by Crippen LogP contribution is -2.35. The summed E-state index contributed by atoms with van der Waals surface area (Å²) >= 11 is 0. The van der Waals surface area contributed by atoms with Gasteiger partial charge in [-0.25, -0.2) is 9.29 Å². The zero-order chi connectivity index (χ0) is 14.3. The first-order chi connectivity index (χ1) is 9.59. The predicted molar refractivity (Wildman–Crippen MR) is 69.0 cm³/mol. The molecule has 1 heterocycles. The average molecular weight is 269 g/mol. The molecule has 0 aliphatic carbocycles. The second-order valence-electron chi connectivity index (χ2n) is 4.30. The summed E-state index contributed by atoms with van der Waals surface area (Å²) in [4.78, 5) is 36.8. The number of fused-ring (bicyclic) bond motifs is 1. The molecule has 3 rings (SSSR count). The fraction of sp³-hybridized carbons (Fsp3) is 0. The van der Waals surface area contributed by atoms with Gasteiger partial charge in [0.2, 0.25) is 0 Å². The van der Waals surface area contributed by atoms with E-state index in [-0.39, 0.29) is 16.8 Å². The molecule has 20 heavy (non-hydrogen) atoms. The summed E-state index contributed by atoms with van der Waals surface area (Å²) in [7, 11) is 0. The second-order valence-corrected chi connectivity index (χ2v) is 4.30. The van der Waals surface area contributed by atoms with Crippen molar-refractivity contribution in [1.82, 2.24) is 0 Å². The Bertz CT molecular complexity index is 740. The van der Waals surface area contributed by atoms with E-state index in [2.05, 4.69) is 0 Å². The molecule has 0 radical (unpaired) electrons. The van der Waals surface area contributed by atoms with E-state index < -0.39 is 23.4 Å². The molecule has 0 bridgehead atoms. The minimum absolute atomic E-state index is 0.0840. The fourth-order valence-corrected chi connectivity index (χ4v) is 2.12. The largest absolute Gasteiger partial charge is 0.306 e. The Hall–Kier alpha value is -2.82. The van der Waals surface area contributed by atoms with E-state index in [1.165, 1.54) is 6.07 Å². The molecule has 2 amide bonds. The van der Waals surface area contributed by atoms with Gasteiger partial charge in [-0.3, -0.25) is 14.4 Å². The molecule has 4 nitrogen and oxygen atoms in total. The maximum atomic E-state index is 13.1. The maximum absolute atomic E-state index is 13.1. The lowest BCUT2D eigenvalue weighted by Gasteiger charge is -2.14. The lowest BCUT2D eigenvalue weighted by molar-refractivity contribution is -0.113. The number of Topliss-reactive ketones (excluding diaryl/α,β-unsaturated/α-hetero) is 1. The summed E-state index contributed by atoms with van der Waals surface area (Å²) in [5.74, 6) is -3.06. The number of hydrogen-bond donors (Lipinski definition) is 0. The molecule has 0 fully saturated rings. The van der Waals surface area contributed by atoms with E-state index in [9.17, 15) is 18.8 Å². The average Bonchev–Trinajstić information content (AvgIpc) is 2.71. The summed E-state index contributed by atoms with van der Waals surface area (Å²) in [6, 6.07) is 11.5. The normalized spacial score (nSPS) is 13.6. The molecule has 0 N–H and O–H groups in total. The third-order valence-electron chi connectivity index (χ3n) is 3.07. The highest BCUT2D eigenvalue weighted by molar-refractivity contribution is 6.57.